The zero-order chi connectivity index (χ0) is 22.9. The summed E-state index contributed by atoms with van der Waals surface area (Å²) in [6.45, 7) is 9.93. The molecular formula is C26H32BrClN2O2. The van der Waals surface area contributed by atoms with E-state index >= 15 is 0 Å². The van der Waals surface area contributed by atoms with Crippen LogP contribution in [0.1, 0.15) is 54.9 Å². The van der Waals surface area contributed by atoms with Gasteiger partial charge in [-0.2, -0.15) is 0 Å². The third-order valence-electron chi connectivity index (χ3n) is 7.24. The van der Waals surface area contributed by atoms with E-state index in [0.717, 1.165) is 43.4 Å². The second-order valence-corrected chi connectivity index (χ2v) is 11.4. The maximum Gasteiger partial charge on any atom is 0.336 e. The third kappa shape index (κ3) is 5.49. The highest BCUT2D eigenvalue weighted by atomic mass is 79.9. The summed E-state index contributed by atoms with van der Waals surface area (Å²) in [6.07, 6.45) is 3.78. The van der Waals surface area contributed by atoms with Crippen molar-refractivity contribution in [2.75, 3.05) is 37.6 Å². The van der Waals surface area contributed by atoms with E-state index in [9.17, 15) is 9.90 Å². The number of carboxylic acids is 1. The Bertz CT molecular complexity index is 955. The number of carbonyl (C=O) groups is 1. The van der Waals surface area contributed by atoms with Crippen LogP contribution < -0.4 is 4.90 Å². The second kappa shape index (κ2) is 9.74. The number of piperazine rings is 1. The Morgan fingerprint density at radius 3 is 2.44 bits per heavy atom. The number of hydrogen-bond donors (Lipinski definition) is 1. The average molecular weight is 520 g/mol. The fourth-order valence-electron chi connectivity index (χ4n) is 5.35. The SMILES string of the molecule is CC1(C)CCC(CN2CCN(c3ccc(C(=O)O)c(Br)c3)CC2)C(c2ccc(Cl)cc2)C1. The molecule has 2 aromatic carbocycles. The van der Waals surface area contributed by atoms with Gasteiger partial charge >= 0.3 is 5.97 Å². The highest BCUT2D eigenvalue weighted by Crippen LogP contribution is 2.47. The molecule has 0 aromatic heterocycles. The van der Waals surface area contributed by atoms with E-state index in [-0.39, 0.29) is 0 Å². The number of carboxylic acid groups (broad SMARTS) is 1. The van der Waals surface area contributed by atoms with Crippen LogP contribution in [0, 0.1) is 11.3 Å². The molecule has 1 aliphatic carbocycles. The number of anilines is 1. The Morgan fingerprint density at radius 1 is 1.12 bits per heavy atom. The van der Waals surface area contributed by atoms with Gasteiger partial charge in [0.15, 0.2) is 0 Å². The van der Waals surface area contributed by atoms with Crippen molar-refractivity contribution in [1.82, 2.24) is 4.90 Å². The van der Waals surface area contributed by atoms with Crippen molar-refractivity contribution in [3.8, 4) is 0 Å². The van der Waals surface area contributed by atoms with Gasteiger partial charge in [0, 0.05) is 47.9 Å². The number of benzene rings is 2. The first kappa shape index (κ1) is 23.6. The zero-order valence-electron chi connectivity index (χ0n) is 18.9. The van der Waals surface area contributed by atoms with Crippen molar-refractivity contribution in [2.45, 2.75) is 39.0 Å². The predicted octanol–water partition coefficient (Wildman–Crippen LogP) is 6.53. The largest absolute Gasteiger partial charge is 0.478 e. The minimum absolute atomic E-state index is 0.306. The van der Waals surface area contributed by atoms with Crippen molar-refractivity contribution < 1.29 is 9.90 Å². The minimum atomic E-state index is -0.904. The van der Waals surface area contributed by atoms with E-state index < -0.39 is 5.97 Å². The smallest absolute Gasteiger partial charge is 0.336 e. The van der Waals surface area contributed by atoms with Crippen molar-refractivity contribution in [3.63, 3.8) is 0 Å². The summed E-state index contributed by atoms with van der Waals surface area (Å²) in [7, 11) is 0. The molecule has 2 unspecified atom stereocenters. The Kier molecular flexibility index (Phi) is 7.18. The molecule has 2 aromatic rings. The average Bonchev–Trinajstić information content (AvgIpc) is 2.75. The topological polar surface area (TPSA) is 43.8 Å². The van der Waals surface area contributed by atoms with E-state index in [1.807, 2.05) is 24.3 Å². The van der Waals surface area contributed by atoms with Crippen LogP contribution in [0.3, 0.4) is 0 Å². The van der Waals surface area contributed by atoms with Gasteiger partial charge in [-0.05, 0) is 88.3 Å². The van der Waals surface area contributed by atoms with Gasteiger partial charge in [0.05, 0.1) is 5.56 Å². The molecule has 0 bridgehead atoms. The van der Waals surface area contributed by atoms with Crippen molar-refractivity contribution in [1.29, 1.82) is 0 Å². The monoisotopic (exact) mass is 518 g/mol. The molecule has 0 radical (unpaired) electrons. The predicted molar refractivity (Wildman–Crippen MR) is 135 cm³/mol. The minimum Gasteiger partial charge on any atom is -0.478 e. The van der Waals surface area contributed by atoms with Gasteiger partial charge in [-0.25, -0.2) is 4.79 Å². The summed E-state index contributed by atoms with van der Waals surface area (Å²) in [5.41, 5.74) is 3.20. The molecule has 1 saturated carbocycles. The number of nitrogens with zero attached hydrogens (tertiary/aromatic N) is 2. The summed E-state index contributed by atoms with van der Waals surface area (Å²) in [5, 5.41) is 10.1. The van der Waals surface area contributed by atoms with E-state index in [1.54, 1.807) is 6.07 Å². The summed E-state index contributed by atoms with van der Waals surface area (Å²) < 4.78 is 0.639. The van der Waals surface area contributed by atoms with E-state index in [2.05, 4.69) is 51.7 Å². The number of halogens is 2. The Morgan fingerprint density at radius 2 is 1.81 bits per heavy atom. The molecule has 2 fully saturated rings. The van der Waals surface area contributed by atoms with E-state index in [0.29, 0.717) is 27.3 Å². The van der Waals surface area contributed by atoms with Crippen LogP contribution in [0.5, 0.6) is 0 Å². The number of hydrogen-bond acceptors (Lipinski definition) is 3. The third-order valence-corrected chi connectivity index (χ3v) is 8.15. The second-order valence-electron chi connectivity index (χ2n) is 10.1. The van der Waals surface area contributed by atoms with Gasteiger partial charge in [0.25, 0.3) is 0 Å². The quantitative estimate of drug-likeness (QED) is 0.487. The van der Waals surface area contributed by atoms with E-state index in [1.165, 1.54) is 24.8 Å². The molecule has 6 heteroatoms. The fraction of sp³-hybridized carbons (Fsp3) is 0.500. The Labute approximate surface area is 204 Å². The molecule has 172 valence electrons. The molecule has 1 heterocycles. The maximum absolute atomic E-state index is 11.3. The molecule has 4 nitrogen and oxygen atoms in total. The van der Waals surface area contributed by atoms with Crippen molar-refractivity contribution in [3.05, 3.63) is 63.1 Å². The molecule has 2 atom stereocenters. The van der Waals surface area contributed by atoms with Gasteiger partial charge in [-0.15, -0.1) is 0 Å². The zero-order valence-corrected chi connectivity index (χ0v) is 21.2. The molecule has 0 spiro atoms. The van der Waals surface area contributed by atoms with Gasteiger partial charge in [0.2, 0.25) is 0 Å². The highest BCUT2D eigenvalue weighted by Gasteiger charge is 2.36. The highest BCUT2D eigenvalue weighted by molar-refractivity contribution is 9.10. The number of rotatable bonds is 5. The first-order valence-corrected chi connectivity index (χ1v) is 12.6. The van der Waals surface area contributed by atoms with E-state index in [4.69, 9.17) is 11.6 Å². The van der Waals surface area contributed by atoms with Gasteiger partial charge in [-0.3, -0.25) is 4.90 Å². The van der Waals surface area contributed by atoms with Crippen LogP contribution in [-0.2, 0) is 0 Å². The molecule has 1 aliphatic heterocycles. The lowest BCUT2D eigenvalue weighted by atomic mass is 9.65. The Hall–Kier alpha value is -1.56. The van der Waals surface area contributed by atoms with Crippen LogP contribution in [0.15, 0.2) is 46.9 Å². The Balaban J connectivity index is 1.39. The van der Waals surface area contributed by atoms with Crippen molar-refractivity contribution >= 4 is 39.2 Å². The van der Waals surface area contributed by atoms with Gasteiger partial charge < -0.3 is 10.0 Å². The van der Waals surface area contributed by atoms with Gasteiger partial charge in [-0.1, -0.05) is 37.6 Å². The first-order chi connectivity index (χ1) is 15.2. The molecule has 1 N–H and O–H groups in total. The number of aromatic carboxylic acids is 1. The van der Waals surface area contributed by atoms with Crippen LogP contribution in [0.4, 0.5) is 5.69 Å². The summed E-state index contributed by atoms with van der Waals surface area (Å²) in [6, 6.07) is 14.0. The molecular weight excluding hydrogens is 488 g/mol. The summed E-state index contributed by atoms with van der Waals surface area (Å²) in [5.74, 6) is 0.340. The van der Waals surface area contributed by atoms with Crippen LogP contribution in [0.2, 0.25) is 5.02 Å². The van der Waals surface area contributed by atoms with Crippen LogP contribution >= 0.6 is 27.5 Å². The fourth-order valence-corrected chi connectivity index (χ4v) is 6.02. The summed E-state index contributed by atoms with van der Waals surface area (Å²) >= 11 is 9.56. The lowest BCUT2D eigenvalue weighted by Gasteiger charge is -2.44. The molecule has 0 amide bonds. The molecule has 32 heavy (non-hydrogen) atoms. The first-order valence-electron chi connectivity index (χ1n) is 11.5. The molecule has 1 saturated heterocycles. The molecule has 2 aliphatic rings. The maximum atomic E-state index is 11.3. The van der Waals surface area contributed by atoms with Crippen LogP contribution in [0.25, 0.3) is 0 Å². The lowest BCUT2D eigenvalue weighted by molar-refractivity contribution is 0.0696. The standard InChI is InChI=1S/C26H32BrClN2O2/c1-26(2)10-9-19(23(16-26)18-3-5-20(28)6-4-18)17-29-11-13-30(14-12-29)21-7-8-22(25(31)32)24(27)15-21/h3-8,15,19,23H,9-14,16-17H2,1-2H3,(H,31,32). The van der Waals surface area contributed by atoms with Crippen LogP contribution in [-0.4, -0.2) is 48.7 Å². The van der Waals surface area contributed by atoms with Gasteiger partial charge in [0.1, 0.15) is 0 Å². The lowest BCUT2D eigenvalue weighted by Crippen LogP contribution is -2.49. The molecule has 4 rings (SSSR count). The normalized spacial score (nSPS) is 23.8. The van der Waals surface area contributed by atoms with Crippen molar-refractivity contribution in [2.24, 2.45) is 11.3 Å². The summed E-state index contributed by atoms with van der Waals surface area (Å²) in [4.78, 5) is 16.2.